The van der Waals surface area contributed by atoms with Crippen molar-refractivity contribution in [3.63, 3.8) is 0 Å². The molecule has 0 bridgehead atoms. The van der Waals surface area contributed by atoms with E-state index >= 15 is 0 Å². The summed E-state index contributed by atoms with van der Waals surface area (Å²) < 4.78 is 23.2. The Labute approximate surface area is 143 Å². The minimum Gasteiger partial charge on any atom is -0.375 e. The van der Waals surface area contributed by atoms with Crippen molar-refractivity contribution < 1.29 is 13.2 Å². The van der Waals surface area contributed by atoms with Crippen LogP contribution in [0.1, 0.15) is 22.8 Å². The molecule has 0 fully saturated rings. The summed E-state index contributed by atoms with van der Waals surface area (Å²) in [5, 5.41) is 2.85. The zero-order valence-electron chi connectivity index (χ0n) is 14.1. The van der Waals surface area contributed by atoms with Gasteiger partial charge in [0.15, 0.2) is 9.84 Å². The lowest BCUT2D eigenvalue weighted by Crippen LogP contribution is -2.25. The number of benzene rings is 2. The van der Waals surface area contributed by atoms with Crippen LogP contribution in [0.3, 0.4) is 0 Å². The largest absolute Gasteiger partial charge is 0.375 e. The van der Waals surface area contributed by atoms with Gasteiger partial charge >= 0.3 is 0 Å². The van der Waals surface area contributed by atoms with Gasteiger partial charge in [-0.3, -0.25) is 4.79 Å². The number of hydrogen-bond acceptors (Lipinski definition) is 4. The highest BCUT2D eigenvalue weighted by molar-refractivity contribution is 7.90. The Morgan fingerprint density at radius 2 is 1.83 bits per heavy atom. The molecule has 0 radical (unpaired) electrons. The summed E-state index contributed by atoms with van der Waals surface area (Å²) in [6.45, 7) is 3.30. The second-order valence-electron chi connectivity index (χ2n) is 5.63. The lowest BCUT2D eigenvalue weighted by Gasteiger charge is -2.20. The molecule has 0 aromatic heterocycles. The molecule has 128 valence electrons. The molecule has 24 heavy (non-hydrogen) atoms. The highest BCUT2D eigenvalue weighted by Crippen LogP contribution is 2.19. The van der Waals surface area contributed by atoms with Crippen LogP contribution in [-0.2, 0) is 16.4 Å². The van der Waals surface area contributed by atoms with E-state index in [4.69, 9.17) is 0 Å². The smallest absolute Gasteiger partial charge is 0.251 e. The average Bonchev–Trinajstić information content (AvgIpc) is 2.58. The Kier molecular flexibility index (Phi) is 5.62. The first kappa shape index (κ1) is 18.0. The van der Waals surface area contributed by atoms with Crippen molar-refractivity contribution in [2.45, 2.75) is 18.4 Å². The van der Waals surface area contributed by atoms with Gasteiger partial charge in [0, 0.05) is 37.6 Å². The van der Waals surface area contributed by atoms with E-state index in [0.717, 1.165) is 24.1 Å². The first-order valence-electron chi connectivity index (χ1n) is 7.70. The Bertz CT molecular complexity index is 832. The summed E-state index contributed by atoms with van der Waals surface area (Å²) in [6, 6.07) is 13.9. The van der Waals surface area contributed by atoms with Crippen LogP contribution in [0.4, 0.5) is 5.69 Å². The average molecular weight is 346 g/mol. The third-order valence-corrected chi connectivity index (χ3v) is 4.95. The van der Waals surface area contributed by atoms with E-state index in [1.807, 2.05) is 31.3 Å². The van der Waals surface area contributed by atoms with Crippen molar-refractivity contribution >= 4 is 21.4 Å². The minimum absolute atomic E-state index is 0.140. The topological polar surface area (TPSA) is 66.5 Å². The number of hydrogen-bond donors (Lipinski definition) is 1. The maximum absolute atomic E-state index is 12.3. The van der Waals surface area contributed by atoms with E-state index in [1.165, 1.54) is 12.1 Å². The summed E-state index contributed by atoms with van der Waals surface area (Å²) in [5.74, 6) is -0.297. The summed E-state index contributed by atoms with van der Waals surface area (Å²) in [7, 11) is -1.34. The van der Waals surface area contributed by atoms with Gasteiger partial charge in [0.05, 0.1) is 4.90 Å². The highest BCUT2D eigenvalue weighted by atomic mass is 32.2. The lowest BCUT2D eigenvalue weighted by molar-refractivity contribution is 0.0950. The molecule has 0 saturated carbocycles. The van der Waals surface area contributed by atoms with Gasteiger partial charge in [0.2, 0.25) is 0 Å². The Balaban J connectivity index is 2.15. The maximum Gasteiger partial charge on any atom is 0.251 e. The van der Waals surface area contributed by atoms with Crippen LogP contribution >= 0.6 is 0 Å². The predicted octanol–water partition coefficient (Wildman–Crippen LogP) is 2.48. The number of amides is 1. The number of para-hydroxylation sites is 1. The molecular weight excluding hydrogens is 324 g/mol. The zero-order chi connectivity index (χ0) is 17.7. The van der Waals surface area contributed by atoms with Crippen molar-refractivity contribution in [3.8, 4) is 0 Å². The van der Waals surface area contributed by atoms with Crippen molar-refractivity contribution in [1.82, 2.24) is 5.32 Å². The van der Waals surface area contributed by atoms with Crippen molar-refractivity contribution in [3.05, 3.63) is 59.7 Å². The fourth-order valence-corrected chi connectivity index (χ4v) is 3.02. The second-order valence-corrected chi connectivity index (χ2v) is 7.64. The molecule has 5 nitrogen and oxygen atoms in total. The fourth-order valence-electron chi connectivity index (χ4n) is 2.35. The first-order valence-corrected chi connectivity index (χ1v) is 9.59. The van der Waals surface area contributed by atoms with Crippen LogP contribution in [0, 0.1) is 0 Å². The zero-order valence-corrected chi connectivity index (χ0v) is 14.9. The van der Waals surface area contributed by atoms with Crippen LogP contribution in [0.5, 0.6) is 0 Å². The van der Waals surface area contributed by atoms with Crippen LogP contribution < -0.4 is 10.2 Å². The van der Waals surface area contributed by atoms with Gasteiger partial charge in [-0.05, 0) is 36.8 Å². The molecule has 0 saturated heterocycles. The normalized spacial score (nSPS) is 11.1. The Morgan fingerprint density at radius 3 is 2.50 bits per heavy atom. The number of nitrogens with zero attached hydrogens (tertiary/aromatic N) is 1. The monoisotopic (exact) mass is 346 g/mol. The van der Waals surface area contributed by atoms with E-state index in [9.17, 15) is 13.2 Å². The molecule has 6 heteroatoms. The molecular formula is C18H22N2O3S. The molecule has 0 atom stereocenters. The SMILES string of the molecule is CCN(C)c1ccccc1CNC(=O)c1cccc(S(C)(=O)=O)c1. The van der Waals surface area contributed by atoms with Gasteiger partial charge in [0.25, 0.3) is 5.91 Å². The van der Waals surface area contributed by atoms with Gasteiger partial charge < -0.3 is 10.2 Å². The Hall–Kier alpha value is -2.34. The molecule has 1 amide bonds. The van der Waals surface area contributed by atoms with Gasteiger partial charge in [0.1, 0.15) is 0 Å². The van der Waals surface area contributed by atoms with Crippen LogP contribution in [0.15, 0.2) is 53.4 Å². The number of nitrogens with one attached hydrogen (secondary N) is 1. The van der Waals surface area contributed by atoms with E-state index in [-0.39, 0.29) is 10.8 Å². The highest BCUT2D eigenvalue weighted by Gasteiger charge is 2.12. The molecule has 2 aromatic rings. The summed E-state index contributed by atoms with van der Waals surface area (Å²) in [5.41, 5.74) is 2.40. The van der Waals surface area contributed by atoms with Crippen LogP contribution in [0.2, 0.25) is 0 Å². The van der Waals surface area contributed by atoms with Crippen LogP contribution in [0.25, 0.3) is 0 Å². The van der Waals surface area contributed by atoms with Crippen molar-refractivity contribution in [1.29, 1.82) is 0 Å². The lowest BCUT2D eigenvalue weighted by atomic mass is 10.1. The molecule has 1 N–H and O–H groups in total. The van der Waals surface area contributed by atoms with Crippen molar-refractivity contribution in [2.24, 2.45) is 0 Å². The molecule has 0 aliphatic rings. The van der Waals surface area contributed by atoms with E-state index < -0.39 is 9.84 Å². The summed E-state index contributed by atoms with van der Waals surface area (Å²) in [4.78, 5) is 14.6. The molecule has 2 aromatic carbocycles. The van der Waals surface area contributed by atoms with Gasteiger partial charge in [-0.1, -0.05) is 24.3 Å². The molecule has 0 aliphatic carbocycles. The van der Waals surface area contributed by atoms with E-state index in [1.54, 1.807) is 12.1 Å². The van der Waals surface area contributed by atoms with E-state index in [2.05, 4.69) is 17.1 Å². The quantitative estimate of drug-likeness (QED) is 0.873. The molecule has 0 spiro atoms. The maximum atomic E-state index is 12.3. The first-order chi connectivity index (χ1) is 11.3. The Morgan fingerprint density at radius 1 is 1.12 bits per heavy atom. The van der Waals surface area contributed by atoms with Gasteiger partial charge in [-0.25, -0.2) is 8.42 Å². The molecule has 0 unspecified atom stereocenters. The molecule has 2 rings (SSSR count). The summed E-state index contributed by atoms with van der Waals surface area (Å²) >= 11 is 0. The third-order valence-electron chi connectivity index (χ3n) is 3.84. The fraction of sp³-hybridized carbons (Fsp3) is 0.278. The third kappa shape index (κ3) is 4.35. The van der Waals surface area contributed by atoms with Gasteiger partial charge in [-0.2, -0.15) is 0 Å². The molecule has 0 heterocycles. The standard InChI is InChI=1S/C18H22N2O3S/c1-4-20(2)17-11-6-5-8-15(17)13-19-18(21)14-9-7-10-16(12-14)24(3,22)23/h5-12H,4,13H2,1-3H3,(H,19,21). The number of carbonyl (C=O) groups is 1. The van der Waals surface area contributed by atoms with E-state index in [0.29, 0.717) is 12.1 Å². The molecule has 0 aliphatic heterocycles. The predicted molar refractivity (Wildman–Crippen MR) is 96.1 cm³/mol. The van der Waals surface area contributed by atoms with Crippen molar-refractivity contribution in [2.75, 3.05) is 24.7 Å². The van der Waals surface area contributed by atoms with Crippen LogP contribution in [-0.4, -0.2) is 34.2 Å². The minimum atomic E-state index is -3.33. The number of carbonyl (C=O) groups excluding carboxylic acids is 1. The number of rotatable bonds is 6. The summed E-state index contributed by atoms with van der Waals surface area (Å²) in [6.07, 6.45) is 1.13. The number of anilines is 1. The number of sulfone groups is 1. The second kappa shape index (κ2) is 7.49. The van der Waals surface area contributed by atoms with Gasteiger partial charge in [-0.15, -0.1) is 0 Å².